The summed E-state index contributed by atoms with van der Waals surface area (Å²) >= 11 is 0. The molecule has 3 heterocycles. The van der Waals surface area contributed by atoms with E-state index in [-0.39, 0.29) is 5.91 Å². The molecule has 0 saturated carbocycles. The van der Waals surface area contributed by atoms with Gasteiger partial charge in [-0.1, -0.05) is 0 Å². The summed E-state index contributed by atoms with van der Waals surface area (Å²) in [4.78, 5) is 31.2. The van der Waals surface area contributed by atoms with Crippen molar-refractivity contribution in [3.63, 3.8) is 0 Å². The van der Waals surface area contributed by atoms with Crippen LogP contribution < -0.4 is 4.90 Å². The third-order valence-corrected chi connectivity index (χ3v) is 3.10. The Morgan fingerprint density at radius 3 is 2.42 bits per heavy atom. The number of nitrogens with one attached hydrogen (secondary N) is 1. The van der Waals surface area contributed by atoms with Crippen molar-refractivity contribution in [1.82, 2.24) is 24.8 Å². The number of imidazole rings is 1. The van der Waals surface area contributed by atoms with Crippen molar-refractivity contribution in [2.24, 2.45) is 0 Å². The molecule has 98 valence electrons. The normalized spacial score (nSPS) is 15.6. The standard InChI is InChI=1S/C12H14N6O/c19-11(10-13-4-5-14-10)17-6-8-18(9-7-17)12-15-2-1-3-16-12/h1-5H,6-9H2,(H,13,14). The molecule has 0 aliphatic carbocycles. The molecule has 0 aromatic carbocycles. The highest BCUT2D eigenvalue weighted by Gasteiger charge is 2.24. The number of aromatic nitrogens is 4. The molecule has 1 aliphatic rings. The Balaban J connectivity index is 1.62. The van der Waals surface area contributed by atoms with Crippen LogP contribution in [0.25, 0.3) is 0 Å². The number of aromatic amines is 1. The molecule has 1 N–H and O–H groups in total. The molecule has 0 bridgehead atoms. The zero-order chi connectivity index (χ0) is 13.1. The summed E-state index contributed by atoms with van der Waals surface area (Å²) < 4.78 is 0. The van der Waals surface area contributed by atoms with E-state index >= 15 is 0 Å². The van der Waals surface area contributed by atoms with Crippen molar-refractivity contribution >= 4 is 11.9 Å². The van der Waals surface area contributed by atoms with Crippen LogP contribution in [0.5, 0.6) is 0 Å². The summed E-state index contributed by atoms with van der Waals surface area (Å²) in [6.45, 7) is 2.77. The highest BCUT2D eigenvalue weighted by Crippen LogP contribution is 2.11. The second-order valence-electron chi connectivity index (χ2n) is 4.27. The largest absolute Gasteiger partial charge is 0.341 e. The number of nitrogens with zero attached hydrogens (tertiary/aromatic N) is 5. The topological polar surface area (TPSA) is 78.0 Å². The van der Waals surface area contributed by atoms with Gasteiger partial charge in [0.2, 0.25) is 5.95 Å². The number of hydrogen-bond donors (Lipinski definition) is 1. The molecule has 1 amide bonds. The van der Waals surface area contributed by atoms with Crippen LogP contribution >= 0.6 is 0 Å². The highest BCUT2D eigenvalue weighted by atomic mass is 16.2. The fourth-order valence-corrected chi connectivity index (χ4v) is 2.10. The Labute approximate surface area is 110 Å². The smallest absolute Gasteiger partial charge is 0.289 e. The van der Waals surface area contributed by atoms with Crippen LogP contribution in [0.1, 0.15) is 10.6 Å². The molecule has 1 aliphatic heterocycles. The molecule has 1 saturated heterocycles. The van der Waals surface area contributed by atoms with E-state index in [0.717, 1.165) is 13.1 Å². The first kappa shape index (κ1) is 11.6. The van der Waals surface area contributed by atoms with E-state index in [9.17, 15) is 4.79 Å². The van der Waals surface area contributed by atoms with Gasteiger partial charge < -0.3 is 14.8 Å². The van der Waals surface area contributed by atoms with Crippen molar-refractivity contribution in [2.45, 2.75) is 0 Å². The maximum absolute atomic E-state index is 12.1. The summed E-state index contributed by atoms with van der Waals surface area (Å²) in [5.41, 5.74) is 0. The van der Waals surface area contributed by atoms with Gasteiger partial charge in [-0.3, -0.25) is 4.79 Å². The number of hydrogen-bond acceptors (Lipinski definition) is 5. The van der Waals surface area contributed by atoms with Crippen LogP contribution in [0.3, 0.4) is 0 Å². The molecule has 0 radical (unpaired) electrons. The zero-order valence-corrected chi connectivity index (χ0v) is 10.4. The number of rotatable bonds is 2. The predicted molar refractivity (Wildman–Crippen MR) is 68.7 cm³/mol. The molecule has 7 heteroatoms. The Hall–Kier alpha value is -2.44. The molecular formula is C12H14N6O. The summed E-state index contributed by atoms with van der Waals surface area (Å²) in [6, 6.07) is 1.79. The van der Waals surface area contributed by atoms with Crippen LogP contribution in [-0.4, -0.2) is 56.9 Å². The van der Waals surface area contributed by atoms with Crippen molar-refractivity contribution in [1.29, 1.82) is 0 Å². The maximum Gasteiger partial charge on any atom is 0.289 e. The average Bonchev–Trinajstić information content (AvgIpc) is 3.02. The molecular weight excluding hydrogens is 244 g/mol. The lowest BCUT2D eigenvalue weighted by molar-refractivity contribution is 0.0735. The van der Waals surface area contributed by atoms with E-state index in [1.54, 1.807) is 35.8 Å². The minimum atomic E-state index is -0.0568. The molecule has 1 fully saturated rings. The van der Waals surface area contributed by atoms with E-state index in [1.165, 1.54) is 0 Å². The van der Waals surface area contributed by atoms with Gasteiger partial charge in [-0.05, 0) is 6.07 Å². The number of amides is 1. The molecule has 0 atom stereocenters. The maximum atomic E-state index is 12.1. The van der Waals surface area contributed by atoms with Gasteiger partial charge in [-0.25, -0.2) is 15.0 Å². The molecule has 2 aromatic rings. The van der Waals surface area contributed by atoms with Gasteiger partial charge in [-0.15, -0.1) is 0 Å². The van der Waals surface area contributed by atoms with Gasteiger partial charge in [0.25, 0.3) is 5.91 Å². The van der Waals surface area contributed by atoms with Crippen molar-refractivity contribution in [3.8, 4) is 0 Å². The van der Waals surface area contributed by atoms with Crippen LogP contribution in [0.4, 0.5) is 5.95 Å². The van der Waals surface area contributed by atoms with E-state index in [4.69, 9.17) is 0 Å². The minimum Gasteiger partial charge on any atom is -0.341 e. The lowest BCUT2D eigenvalue weighted by Gasteiger charge is -2.34. The van der Waals surface area contributed by atoms with Crippen LogP contribution in [0.2, 0.25) is 0 Å². The molecule has 3 rings (SSSR count). The summed E-state index contributed by atoms with van der Waals surface area (Å²) in [5, 5.41) is 0. The Bertz CT molecular complexity index is 533. The first-order chi connectivity index (χ1) is 9.34. The zero-order valence-electron chi connectivity index (χ0n) is 10.4. The molecule has 0 unspecified atom stereocenters. The summed E-state index contributed by atoms with van der Waals surface area (Å²) in [5.74, 6) is 1.05. The van der Waals surface area contributed by atoms with E-state index < -0.39 is 0 Å². The van der Waals surface area contributed by atoms with Crippen LogP contribution in [-0.2, 0) is 0 Å². The molecule has 2 aromatic heterocycles. The Morgan fingerprint density at radius 2 is 1.79 bits per heavy atom. The fourth-order valence-electron chi connectivity index (χ4n) is 2.10. The number of piperazine rings is 1. The highest BCUT2D eigenvalue weighted by molar-refractivity contribution is 5.90. The van der Waals surface area contributed by atoms with Gasteiger partial charge in [0, 0.05) is 51.0 Å². The van der Waals surface area contributed by atoms with Gasteiger partial charge in [0.15, 0.2) is 5.82 Å². The van der Waals surface area contributed by atoms with Gasteiger partial charge >= 0.3 is 0 Å². The number of anilines is 1. The molecule has 0 spiro atoms. The third-order valence-electron chi connectivity index (χ3n) is 3.10. The van der Waals surface area contributed by atoms with Crippen LogP contribution in [0, 0.1) is 0 Å². The van der Waals surface area contributed by atoms with E-state index in [0.29, 0.717) is 24.9 Å². The lowest BCUT2D eigenvalue weighted by Crippen LogP contribution is -2.49. The Kier molecular flexibility index (Phi) is 3.09. The number of carbonyl (C=O) groups excluding carboxylic acids is 1. The minimum absolute atomic E-state index is 0.0568. The van der Waals surface area contributed by atoms with Gasteiger partial charge in [0.1, 0.15) is 0 Å². The first-order valence-electron chi connectivity index (χ1n) is 6.15. The van der Waals surface area contributed by atoms with Crippen molar-refractivity contribution in [3.05, 3.63) is 36.7 Å². The number of H-pyrrole nitrogens is 1. The third kappa shape index (κ3) is 2.40. The van der Waals surface area contributed by atoms with Gasteiger partial charge in [-0.2, -0.15) is 0 Å². The molecule has 7 nitrogen and oxygen atoms in total. The lowest BCUT2D eigenvalue weighted by atomic mass is 10.3. The second-order valence-corrected chi connectivity index (χ2v) is 4.27. The monoisotopic (exact) mass is 258 g/mol. The summed E-state index contributed by atoms with van der Waals surface area (Å²) in [6.07, 6.45) is 6.69. The summed E-state index contributed by atoms with van der Waals surface area (Å²) in [7, 11) is 0. The number of carbonyl (C=O) groups is 1. The van der Waals surface area contributed by atoms with E-state index in [1.807, 2.05) is 0 Å². The molecule has 19 heavy (non-hydrogen) atoms. The Morgan fingerprint density at radius 1 is 1.05 bits per heavy atom. The van der Waals surface area contributed by atoms with Gasteiger partial charge in [0.05, 0.1) is 0 Å². The van der Waals surface area contributed by atoms with Crippen molar-refractivity contribution in [2.75, 3.05) is 31.1 Å². The predicted octanol–water partition coefficient (Wildman–Crippen LogP) is 0.162. The van der Waals surface area contributed by atoms with E-state index in [2.05, 4.69) is 24.8 Å². The first-order valence-corrected chi connectivity index (χ1v) is 6.15. The quantitative estimate of drug-likeness (QED) is 0.830. The fraction of sp³-hybridized carbons (Fsp3) is 0.333. The average molecular weight is 258 g/mol. The van der Waals surface area contributed by atoms with Crippen LogP contribution in [0.15, 0.2) is 30.9 Å². The second kappa shape index (κ2) is 5.05. The van der Waals surface area contributed by atoms with Crippen molar-refractivity contribution < 1.29 is 4.79 Å². The SMILES string of the molecule is O=C(c1ncc[nH]1)N1CCN(c2ncccn2)CC1.